The Labute approximate surface area is 112 Å². The maximum Gasteiger partial charge on any atom is 0.166 e. The molecule has 0 N–H and O–H groups in total. The second-order valence-corrected chi connectivity index (χ2v) is 4.88. The molecule has 1 aromatic carbocycles. The van der Waals surface area contributed by atoms with Gasteiger partial charge in [0.25, 0.3) is 0 Å². The molecule has 0 heterocycles. The summed E-state index contributed by atoms with van der Waals surface area (Å²) in [5.74, 6) is 0.138. The molecular weight excluding hydrogens is 252 g/mol. The third-order valence-electron chi connectivity index (χ3n) is 2.91. The second-order valence-electron chi connectivity index (χ2n) is 4.44. The molecule has 1 aromatic rings. The number of carbonyl (C=O) groups is 1. The molecule has 98 valence electrons. The van der Waals surface area contributed by atoms with Crippen LogP contribution in [0, 0.1) is 0 Å². The number of Topliss-reactive ketones (excluding diaryl/α,β-unsaturated/α-hetero) is 1. The largest absolute Gasteiger partial charge is 0.370 e. The Hall–Kier alpha value is -0.900. The molecule has 0 aliphatic heterocycles. The van der Waals surface area contributed by atoms with Gasteiger partial charge in [0.1, 0.15) is 6.10 Å². The number of carbonyl (C=O) groups excluding carboxylic acids is 1. The van der Waals surface area contributed by atoms with Gasteiger partial charge in [-0.3, -0.25) is 4.79 Å². The van der Waals surface area contributed by atoms with Crippen molar-refractivity contribution in [2.24, 2.45) is 0 Å². The highest BCUT2D eigenvalue weighted by Gasteiger charge is 2.41. The van der Waals surface area contributed by atoms with Crippen molar-refractivity contribution < 1.29 is 14.3 Å². The Balaban J connectivity index is 1.81. The van der Waals surface area contributed by atoms with E-state index in [1.807, 2.05) is 31.2 Å². The third-order valence-corrected chi connectivity index (χ3v) is 3.15. The SMILES string of the molecule is CCCOC1C(=O)CC1OCc1cccc(Cl)c1. The van der Waals surface area contributed by atoms with Crippen LogP contribution in [-0.4, -0.2) is 24.6 Å². The van der Waals surface area contributed by atoms with E-state index in [0.717, 1.165) is 12.0 Å². The predicted octanol–water partition coefficient (Wildman–Crippen LogP) is 2.99. The van der Waals surface area contributed by atoms with Crippen molar-refractivity contribution in [1.82, 2.24) is 0 Å². The molecule has 0 aromatic heterocycles. The van der Waals surface area contributed by atoms with Crippen LogP contribution in [0.4, 0.5) is 0 Å². The van der Waals surface area contributed by atoms with Gasteiger partial charge in [0.05, 0.1) is 12.7 Å². The number of benzene rings is 1. The van der Waals surface area contributed by atoms with E-state index in [0.29, 0.717) is 24.7 Å². The third kappa shape index (κ3) is 3.31. The summed E-state index contributed by atoms with van der Waals surface area (Å²) in [6.45, 7) is 3.09. The fraction of sp³-hybridized carbons (Fsp3) is 0.500. The van der Waals surface area contributed by atoms with Gasteiger partial charge in [-0.05, 0) is 24.1 Å². The van der Waals surface area contributed by atoms with Crippen LogP contribution in [0.3, 0.4) is 0 Å². The van der Waals surface area contributed by atoms with Gasteiger partial charge in [-0.2, -0.15) is 0 Å². The molecule has 1 saturated carbocycles. The van der Waals surface area contributed by atoms with Crippen LogP contribution in [-0.2, 0) is 20.9 Å². The van der Waals surface area contributed by atoms with Crippen LogP contribution in [0.25, 0.3) is 0 Å². The van der Waals surface area contributed by atoms with Gasteiger partial charge >= 0.3 is 0 Å². The molecular formula is C14H17ClO3. The van der Waals surface area contributed by atoms with E-state index in [-0.39, 0.29) is 18.0 Å². The topological polar surface area (TPSA) is 35.5 Å². The van der Waals surface area contributed by atoms with Gasteiger partial charge in [-0.25, -0.2) is 0 Å². The summed E-state index contributed by atoms with van der Waals surface area (Å²) < 4.78 is 11.2. The van der Waals surface area contributed by atoms with Gasteiger partial charge in [0.15, 0.2) is 5.78 Å². The van der Waals surface area contributed by atoms with Gasteiger partial charge in [-0.1, -0.05) is 30.7 Å². The van der Waals surface area contributed by atoms with Gasteiger partial charge in [0.2, 0.25) is 0 Å². The van der Waals surface area contributed by atoms with Crippen LogP contribution < -0.4 is 0 Å². The lowest BCUT2D eigenvalue weighted by Crippen LogP contribution is -2.50. The van der Waals surface area contributed by atoms with Crippen molar-refractivity contribution >= 4 is 17.4 Å². The lowest BCUT2D eigenvalue weighted by Gasteiger charge is -2.34. The zero-order valence-corrected chi connectivity index (χ0v) is 11.2. The molecule has 2 atom stereocenters. The summed E-state index contributed by atoms with van der Waals surface area (Å²) in [6.07, 6.45) is 0.881. The van der Waals surface area contributed by atoms with E-state index >= 15 is 0 Å². The zero-order valence-electron chi connectivity index (χ0n) is 10.4. The molecule has 1 aliphatic rings. The van der Waals surface area contributed by atoms with Crippen molar-refractivity contribution in [3.8, 4) is 0 Å². The molecule has 2 unspecified atom stereocenters. The molecule has 0 bridgehead atoms. The highest BCUT2D eigenvalue weighted by atomic mass is 35.5. The summed E-state index contributed by atoms with van der Waals surface area (Å²) in [4.78, 5) is 11.4. The summed E-state index contributed by atoms with van der Waals surface area (Å²) in [5, 5.41) is 0.694. The van der Waals surface area contributed by atoms with Crippen LogP contribution in [0.2, 0.25) is 5.02 Å². The standard InChI is InChI=1S/C14H17ClO3/c1-2-6-17-14-12(16)8-13(14)18-9-10-4-3-5-11(15)7-10/h3-5,7,13-14H,2,6,8-9H2,1H3. The first-order valence-electron chi connectivity index (χ1n) is 6.21. The van der Waals surface area contributed by atoms with E-state index in [9.17, 15) is 4.79 Å². The number of hydrogen-bond acceptors (Lipinski definition) is 3. The highest BCUT2D eigenvalue weighted by Crippen LogP contribution is 2.24. The van der Waals surface area contributed by atoms with Gasteiger partial charge in [-0.15, -0.1) is 0 Å². The number of hydrogen-bond donors (Lipinski definition) is 0. The number of halogens is 1. The first-order chi connectivity index (χ1) is 8.70. The summed E-state index contributed by atoms with van der Waals surface area (Å²) in [6, 6.07) is 7.53. The summed E-state index contributed by atoms with van der Waals surface area (Å²) >= 11 is 5.89. The van der Waals surface area contributed by atoms with Crippen molar-refractivity contribution in [2.45, 2.75) is 38.6 Å². The lowest BCUT2D eigenvalue weighted by molar-refractivity contribution is -0.167. The fourth-order valence-corrected chi connectivity index (χ4v) is 2.10. The van der Waals surface area contributed by atoms with Crippen LogP contribution in [0.1, 0.15) is 25.3 Å². The van der Waals surface area contributed by atoms with Crippen molar-refractivity contribution in [3.63, 3.8) is 0 Å². The Morgan fingerprint density at radius 1 is 1.39 bits per heavy atom. The zero-order chi connectivity index (χ0) is 13.0. The van der Waals surface area contributed by atoms with E-state index in [4.69, 9.17) is 21.1 Å². The first kappa shape index (κ1) is 13.5. The monoisotopic (exact) mass is 268 g/mol. The molecule has 0 spiro atoms. The molecule has 1 fully saturated rings. The molecule has 0 radical (unpaired) electrons. The molecule has 0 saturated heterocycles. The lowest BCUT2D eigenvalue weighted by atomic mass is 9.90. The van der Waals surface area contributed by atoms with E-state index in [1.54, 1.807) is 0 Å². The molecule has 1 aliphatic carbocycles. The predicted molar refractivity (Wildman–Crippen MR) is 69.7 cm³/mol. The average molecular weight is 269 g/mol. The van der Waals surface area contributed by atoms with Crippen LogP contribution in [0.15, 0.2) is 24.3 Å². The minimum atomic E-state index is -0.371. The minimum Gasteiger partial charge on any atom is -0.370 e. The summed E-state index contributed by atoms with van der Waals surface area (Å²) in [7, 11) is 0. The van der Waals surface area contributed by atoms with E-state index in [2.05, 4.69) is 0 Å². The molecule has 3 nitrogen and oxygen atoms in total. The maximum absolute atomic E-state index is 11.4. The smallest absolute Gasteiger partial charge is 0.166 e. The number of ether oxygens (including phenoxy) is 2. The van der Waals surface area contributed by atoms with Crippen molar-refractivity contribution in [1.29, 1.82) is 0 Å². The molecule has 4 heteroatoms. The van der Waals surface area contributed by atoms with E-state index < -0.39 is 0 Å². The van der Waals surface area contributed by atoms with Crippen LogP contribution in [0.5, 0.6) is 0 Å². The van der Waals surface area contributed by atoms with Crippen LogP contribution >= 0.6 is 11.6 Å². The number of ketones is 1. The normalized spacial score (nSPS) is 22.9. The van der Waals surface area contributed by atoms with E-state index in [1.165, 1.54) is 0 Å². The minimum absolute atomic E-state index is 0.108. The van der Waals surface area contributed by atoms with Gasteiger partial charge < -0.3 is 9.47 Å². The Morgan fingerprint density at radius 3 is 2.89 bits per heavy atom. The average Bonchev–Trinajstić information content (AvgIpc) is 2.34. The van der Waals surface area contributed by atoms with Gasteiger partial charge in [0, 0.05) is 18.1 Å². The Morgan fingerprint density at radius 2 is 2.22 bits per heavy atom. The molecule has 2 rings (SSSR count). The summed E-state index contributed by atoms with van der Waals surface area (Å²) in [5.41, 5.74) is 1.01. The fourth-order valence-electron chi connectivity index (χ4n) is 1.89. The quantitative estimate of drug-likeness (QED) is 0.796. The first-order valence-corrected chi connectivity index (χ1v) is 6.59. The second kappa shape index (κ2) is 6.32. The highest BCUT2D eigenvalue weighted by molar-refractivity contribution is 6.30. The number of rotatable bonds is 6. The Bertz CT molecular complexity index is 419. The van der Waals surface area contributed by atoms with Crippen molar-refractivity contribution in [2.75, 3.05) is 6.61 Å². The van der Waals surface area contributed by atoms with Crippen molar-refractivity contribution in [3.05, 3.63) is 34.9 Å². The molecule has 0 amide bonds. The Kier molecular flexibility index (Phi) is 4.75. The maximum atomic E-state index is 11.4. The molecule has 18 heavy (non-hydrogen) atoms.